The molecule has 1 unspecified atom stereocenters. The molecule has 1 saturated heterocycles. The average Bonchev–Trinajstić information content (AvgIpc) is 3.29. The summed E-state index contributed by atoms with van der Waals surface area (Å²) in [5.41, 5.74) is 1.23. The molecule has 1 N–H and O–H groups in total. The summed E-state index contributed by atoms with van der Waals surface area (Å²) in [7, 11) is 0. The number of imidazole rings is 1. The number of piperidine rings is 1. The molecule has 3 heterocycles. The fourth-order valence-electron chi connectivity index (χ4n) is 3.48. The molecule has 2 aromatic heterocycles. The van der Waals surface area contributed by atoms with Gasteiger partial charge in [-0.05, 0) is 44.0 Å². The number of hydrogen-bond acceptors (Lipinski definition) is 6. The lowest BCUT2D eigenvalue weighted by Crippen LogP contribution is -2.41. The summed E-state index contributed by atoms with van der Waals surface area (Å²) < 4.78 is 1.79. The van der Waals surface area contributed by atoms with Gasteiger partial charge < -0.3 is 10.2 Å². The van der Waals surface area contributed by atoms with Crippen molar-refractivity contribution >= 4 is 23.2 Å². The summed E-state index contributed by atoms with van der Waals surface area (Å²) in [6, 6.07) is 10.8. The van der Waals surface area contributed by atoms with Crippen LogP contribution in [-0.4, -0.2) is 44.5 Å². The van der Waals surface area contributed by atoms with E-state index in [2.05, 4.69) is 25.4 Å². The first-order valence-corrected chi connectivity index (χ1v) is 9.59. The molecule has 1 amide bonds. The maximum Gasteiger partial charge on any atom is 0.229 e. The van der Waals surface area contributed by atoms with E-state index in [0.717, 1.165) is 25.2 Å². The number of amides is 1. The van der Waals surface area contributed by atoms with Gasteiger partial charge in [-0.15, -0.1) is 10.2 Å². The quantitative estimate of drug-likeness (QED) is 0.674. The molecule has 8 heteroatoms. The van der Waals surface area contributed by atoms with Crippen molar-refractivity contribution in [3.63, 3.8) is 0 Å². The van der Waals surface area contributed by atoms with Crippen molar-refractivity contribution in [1.29, 1.82) is 0 Å². The lowest BCUT2D eigenvalue weighted by atomic mass is 9.97. The third-order valence-corrected chi connectivity index (χ3v) is 5.06. The third-order valence-electron chi connectivity index (χ3n) is 5.06. The summed E-state index contributed by atoms with van der Waals surface area (Å²) in [4.78, 5) is 30.4. The number of ketones is 1. The highest BCUT2D eigenvalue weighted by Crippen LogP contribution is 2.23. The van der Waals surface area contributed by atoms with Crippen molar-refractivity contribution in [3.05, 3.63) is 60.7 Å². The zero-order valence-corrected chi connectivity index (χ0v) is 16.2. The minimum atomic E-state index is -0.153. The van der Waals surface area contributed by atoms with Crippen LogP contribution >= 0.6 is 0 Å². The van der Waals surface area contributed by atoms with Crippen LogP contribution in [0.15, 0.2) is 55.1 Å². The van der Waals surface area contributed by atoms with Gasteiger partial charge >= 0.3 is 0 Å². The van der Waals surface area contributed by atoms with E-state index in [-0.39, 0.29) is 17.6 Å². The molecule has 0 radical (unpaired) electrons. The number of carbonyl (C=O) groups is 2. The monoisotopic (exact) mass is 390 g/mol. The van der Waals surface area contributed by atoms with Crippen molar-refractivity contribution in [3.8, 4) is 5.82 Å². The molecule has 1 aliphatic rings. The highest BCUT2D eigenvalue weighted by atomic mass is 16.2. The number of nitrogens with one attached hydrogen (secondary N) is 1. The van der Waals surface area contributed by atoms with Crippen LogP contribution in [0.1, 0.15) is 30.1 Å². The second kappa shape index (κ2) is 8.22. The van der Waals surface area contributed by atoms with Crippen LogP contribution in [0.25, 0.3) is 5.82 Å². The smallest absolute Gasteiger partial charge is 0.229 e. The normalized spacial score (nSPS) is 16.4. The van der Waals surface area contributed by atoms with Crippen LogP contribution in [0, 0.1) is 5.92 Å². The van der Waals surface area contributed by atoms with E-state index in [9.17, 15) is 9.59 Å². The molecule has 148 valence electrons. The zero-order valence-electron chi connectivity index (χ0n) is 16.2. The first-order valence-electron chi connectivity index (χ1n) is 9.59. The van der Waals surface area contributed by atoms with Gasteiger partial charge in [-0.2, -0.15) is 0 Å². The highest BCUT2D eigenvalue weighted by Gasteiger charge is 2.27. The predicted molar refractivity (Wildman–Crippen MR) is 109 cm³/mol. The van der Waals surface area contributed by atoms with Gasteiger partial charge in [0.2, 0.25) is 5.91 Å². The Labute approximate surface area is 168 Å². The van der Waals surface area contributed by atoms with E-state index >= 15 is 0 Å². The molecule has 0 saturated carbocycles. The number of nitrogens with zero attached hydrogens (tertiary/aromatic N) is 5. The Hall–Kier alpha value is -3.55. The number of Topliss-reactive ketones (excluding diaryl/α,β-unsaturated/α-hetero) is 1. The van der Waals surface area contributed by atoms with E-state index in [1.165, 1.54) is 6.92 Å². The van der Waals surface area contributed by atoms with Gasteiger partial charge in [0, 0.05) is 36.7 Å². The van der Waals surface area contributed by atoms with Crippen LogP contribution in [0.3, 0.4) is 0 Å². The molecule has 1 aliphatic heterocycles. The number of anilines is 2. The Morgan fingerprint density at radius 1 is 1.14 bits per heavy atom. The number of rotatable bonds is 5. The molecule has 1 aromatic carbocycles. The first kappa shape index (κ1) is 18.8. The maximum absolute atomic E-state index is 12.8. The fourth-order valence-corrected chi connectivity index (χ4v) is 3.48. The zero-order chi connectivity index (χ0) is 20.2. The van der Waals surface area contributed by atoms with Crippen molar-refractivity contribution in [2.45, 2.75) is 19.8 Å². The van der Waals surface area contributed by atoms with E-state index in [4.69, 9.17) is 0 Å². The maximum atomic E-state index is 12.8. The van der Waals surface area contributed by atoms with Crippen LogP contribution < -0.4 is 10.2 Å². The number of hydrogen-bond donors (Lipinski definition) is 1. The van der Waals surface area contributed by atoms with Gasteiger partial charge in [-0.1, -0.05) is 12.1 Å². The van der Waals surface area contributed by atoms with E-state index < -0.39 is 0 Å². The van der Waals surface area contributed by atoms with E-state index in [1.807, 2.05) is 18.3 Å². The Balaban J connectivity index is 1.42. The summed E-state index contributed by atoms with van der Waals surface area (Å²) in [5.74, 6) is 1.23. The number of carbonyl (C=O) groups excluding carboxylic acids is 2. The molecular formula is C21H22N6O2. The van der Waals surface area contributed by atoms with Crippen molar-refractivity contribution in [2.75, 3.05) is 23.3 Å². The lowest BCUT2D eigenvalue weighted by molar-refractivity contribution is -0.120. The largest absolute Gasteiger partial charge is 0.354 e. The van der Waals surface area contributed by atoms with Gasteiger partial charge in [0.1, 0.15) is 6.33 Å². The molecule has 0 aliphatic carbocycles. The molecular weight excluding hydrogens is 368 g/mol. The van der Waals surface area contributed by atoms with Crippen molar-refractivity contribution < 1.29 is 9.59 Å². The van der Waals surface area contributed by atoms with Gasteiger partial charge in [0.15, 0.2) is 17.4 Å². The summed E-state index contributed by atoms with van der Waals surface area (Å²) >= 11 is 0. The predicted octanol–water partition coefficient (Wildman–Crippen LogP) is 2.72. The van der Waals surface area contributed by atoms with Gasteiger partial charge in [0.05, 0.1) is 5.92 Å². The van der Waals surface area contributed by atoms with E-state index in [1.54, 1.807) is 41.4 Å². The topological polar surface area (TPSA) is 93.0 Å². The van der Waals surface area contributed by atoms with Crippen molar-refractivity contribution in [1.82, 2.24) is 19.7 Å². The molecule has 29 heavy (non-hydrogen) atoms. The van der Waals surface area contributed by atoms with Gasteiger partial charge in [-0.25, -0.2) is 4.98 Å². The standard InChI is InChI=1S/C21H22N6O2/c1-15(28)16-4-2-6-18(12-16)23-21(29)17-5-3-10-26(13-17)19-7-8-20(25-24-19)27-11-9-22-14-27/h2,4,6-9,11-12,14,17H,3,5,10,13H2,1H3,(H,23,29). The molecule has 0 bridgehead atoms. The van der Waals surface area contributed by atoms with Gasteiger partial charge in [0.25, 0.3) is 0 Å². The Morgan fingerprint density at radius 2 is 1.97 bits per heavy atom. The minimum Gasteiger partial charge on any atom is -0.354 e. The SMILES string of the molecule is CC(=O)c1cccc(NC(=O)C2CCCN(c3ccc(-n4ccnc4)nn3)C2)c1. The second-order valence-electron chi connectivity index (χ2n) is 7.13. The fraction of sp³-hybridized carbons (Fsp3) is 0.286. The van der Waals surface area contributed by atoms with Crippen LogP contribution in [0.4, 0.5) is 11.5 Å². The van der Waals surface area contributed by atoms with E-state index in [0.29, 0.717) is 23.6 Å². The second-order valence-corrected chi connectivity index (χ2v) is 7.13. The summed E-state index contributed by atoms with van der Waals surface area (Å²) in [6.07, 6.45) is 6.89. The van der Waals surface area contributed by atoms with Crippen LogP contribution in [0.2, 0.25) is 0 Å². The molecule has 0 spiro atoms. The number of aromatic nitrogens is 4. The van der Waals surface area contributed by atoms with Gasteiger partial charge in [-0.3, -0.25) is 14.2 Å². The highest BCUT2D eigenvalue weighted by molar-refractivity contribution is 5.97. The summed E-state index contributed by atoms with van der Waals surface area (Å²) in [5, 5.41) is 11.5. The Kier molecular flexibility index (Phi) is 5.33. The van der Waals surface area contributed by atoms with Crippen molar-refractivity contribution in [2.24, 2.45) is 5.92 Å². The molecule has 8 nitrogen and oxygen atoms in total. The molecule has 1 atom stereocenters. The third kappa shape index (κ3) is 4.31. The minimum absolute atomic E-state index is 0.0253. The van der Waals surface area contributed by atoms with Crippen LogP contribution in [0.5, 0.6) is 0 Å². The molecule has 3 aromatic rings. The lowest BCUT2D eigenvalue weighted by Gasteiger charge is -2.32. The molecule has 1 fully saturated rings. The first-order chi connectivity index (χ1) is 14.1. The molecule has 4 rings (SSSR count). The summed E-state index contributed by atoms with van der Waals surface area (Å²) in [6.45, 7) is 2.93. The Morgan fingerprint density at radius 3 is 2.69 bits per heavy atom. The van der Waals surface area contributed by atoms with Crippen LogP contribution in [-0.2, 0) is 4.79 Å². The average molecular weight is 390 g/mol. The number of benzene rings is 1. The Bertz CT molecular complexity index is 1000.